The Morgan fingerprint density at radius 2 is 2.42 bits per heavy atom. The van der Waals surface area contributed by atoms with Gasteiger partial charge in [0.15, 0.2) is 0 Å². The second-order valence-corrected chi connectivity index (χ2v) is 7.15. The number of carbonyl (C=O) groups is 1. The zero-order valence-corrected chi connectivity index (χ0v) is 14.2. The van der Waals surface area contributed by atoms with Crippen molar-refractivity contribution in [2.24, 2.45) is 5.92 Å². The maximum Gasteiger partial charge on any atom is 0.270 e. The highest BCUT2D eigenvalue weighted by molar-refractivity contribution is 7.09. The first-order valence-electron chi connectivity index (χ1n) is 7.93. The van der Waals surface area contributed by atoms with E-state index in [0.717, 1.165) is 42.3 Å². The highest BCUT2D eigenvalue weighted by atomic mass is 32.1. The molecule has 1 aliphatic heterocycles. The monoisotopic (exact) mass is 342 g/mol. The number of hydrogen-bond acceptors (Lipinski definition) is 5. The number of carbonyl (C=O) groups excluding carboxylic acids is 1. The SMILES string of the molecule is Cc1nc(-c2c[nH]c(C(=O)N3CCC(Cn4ccnn4)C3)c2)cs1. The van der Waals surface area contributed by atoms with Gasteiger partial charge >= 0.3 is 0 Å². The molecular formula is C16H18N6OS. The number of amides is 1. The molecule has 0 bridgehead atoms. The molecule has 0 saturated carbocycles. The first-order chi connectivity index (χ1) is 11.7. The van der Waals surface area contributed by atoms with Crippen molar-refractivity contribution < 1.29 is 4.79 Å². The maximum absolute atomic E-state index is 12.7. The van der Waals surface area contributed by atoms with Crippen molar-refractivity contribution in [3.8, 4) is 11.3 Å². The van der Waals surface area contributed by atoms with Gasteiger partial charge in [-0.25, -0.2) is 4.98 Å². The third-order valence-electron chi connectivity index (χ3n) is 4.32. The van der Waals surface area contributed by atoms with E-state index in [2.05, 4.69) is 20.3 Å². The average Bonchev–Trinajstić information content (AvgIpc) is 3.35. The number of H-pyrrole nitrogens is 1. The number of nitrogens with zero attached hydrogens (tertiary/aromatic N) is 5. The Hall–Kier alpha value is -2.48. The minimum Gasteiger partial charge on any atom is -0.357 e. The molecule has 8 heteroatoms. The molecule has 1 unspecified atom stereocenters. The second kappa shape index (κ2) is 6.20. The van der Waals surface area contributed by atoms with E-state index < -0.39 is 0 Å². The van der Waals surface area contributed by atoms with E-state index in [0.29, 0.717) is 11.6 Å². The van der Waals surface area contributed by atoms with Crippen molar-refractivity contribution in [1.82, 2.24) is 29.9 Å². The van der Waals surface area contributed by atoms with Gasteiger partial charge in [-0.2, -0.15) is 0 Å². The third kappa shape index (κ3) is 2.96. The molecule has 3 aromatic heterocycles. The zero-order chi connectivity index (χ0) is 16.5. The summed E-state index contributed by atoms with van der Waals surface area (Å²) in [4.78, 5) is 22.2. The van der Waals surface area contributed by atoms with Crippen LogP contribution >= 0.6 is 11.3 Å². The number of aromatic amines is 1. The van der Waals surface area contributed by atoms with Crippen molar-refractivity contribution in [1.29, 1.82) is 0 Å². The van der Waals surface area contributed by atoms with Crippen LogP contribution in [0.5, 0.6) is 0 Å². The minimum absolute atomic E-state index is 0.0503. The Bertz CT molecular complexity index is 837. The van der Waals surface area contributed by atoms with Crippen LogP contribution in [-0.2, 0) is 6.54 Å². The number of thiazole rings is 1. The lowest BCUT2D eigenvalue weighted by atomic mass is 10.1. The molecule has 4 rings (SSSR count). The predicted octanol–water partition coefficient (Wildman–Crippen LogP) is 2.20. The van der Waals surface area contributed by atoms with Crippen LogP contribution in [0.3, 0.4) is 0 Å². The van der Waals surface area contributed by atoms with Crippen LogP contribution in [0.2, 0.25) is 0 Å². The van der Waals surface area contributed by atoms with Crippen LogP contribution in [-0.4, -0.2) is 48.9 Å². The van der Waals surface area contributed by atoms with E-state index in [-0.39, 0.29) is 5.91 Å². The van der Waals surface area contributed by atoms with Gasteiger partial charge in [0.25, 0.3) is 5.91 Å². The van der Waals surface area contributed by atoms with Gasteiger partial charge in [-0.15, -0.1) is 16.4 Å². The van der Waals surface area contributed by atoms with Crippen molar-refractivity contribution in [3.63, 3.8) is 0 Å². The van der Waals surface area contributed by atoms with Gasteiger partial charge in [-0.05, 0) is 25.3 Å². The Morgan fingerprint density at radius 3 is 3.17 bits per heavy atom. The smallest absolute Gasteiger partial charge is 0.270 e. The second-order valence-electron chi connectivity index (χ2n) is 6.08. The number of nitrogens with one attached hydrogen (secondary N) is 1. The van der Waals surface area contributed by atoms with Crippen molar-refractivity contribution in [2.75, 3.05) is 13.1 Å². The van der Waals surface area contributed by atoms with E-state index in [4.69, 9.17) is 0 Å². The Labute approximate surface area is 143 Å². The van der Waals surface area contributed by atoms with E-state index in [9.17, 15) is 4.79 Å². The topological polar surface area (TPSA) is 79.7 Å². The van der Waals surface area contributed by atoms with E-state index in [1.54, 1.807) is 17.5 Å². The Balaban J connectivity index is 1.42. The van der Waals surface area contributed by atoms with E-state index in [1.807, 2.05) is 40.3 Å². The number of rotatable bonds is 4. The maximum atomic E-state index is 12.7. The fraction of sp³-hybridized carbons (Fsp3) is 0.375. The van der Waals surface area contributed by atoms with Gasteiger partial charge in [-0.3, -0.25) is 9.48 Å². The molecule has 4 heterocycles. The van der Waals surface area contributed by atoms with Crippen LogP contribution in [0.1, 0.15) is 21.9 Å². The van der Waals surface area contributed by atoms with E-state index in [1.165, 1.54) is 0 Å². The molecule has 1 aliphatic rings. The standard InChI is InChI=1S/C16H18N6OS/c1-11-19-15(10-24-11)13-6-14(17-7-13)16(23)21-4-2-12(8-21)9-22-5-3-18-20-22/h3,5-7,10,12,17H,2,4,8-9H2,1H3. The largest absolute Gasteiger partial charge is 0.357 e. The van der Waals surface area contributed by atoms with Crippen molar-refractivity contribution in [3.05, 3.63) is 40.7 Å². The fourth-order valence-corrected chi connectivity index (χ4v) is 3.71. The molecule has 1 N–H and O–H groups in total. The van der Waals surface area contributed by atoms with Crippen LogP contribution < -0.4 is 0 Å². The average molecular weight is 342 g/mol. The van der Waals surface area contributed by atoms with Crippen LogP contribution in [0.15, 0.2) is 30.0 Å². The molecule has 1 saturated heterocycles. The summed E-state index contributed by atoms with van der Waals surface area (Å²) in [6.45, 7) is 4.31. The summed E-state index contributed by atoms with van der Waals surface area (Å²) in [5, 5.41) is 10.9. The Morgan fingerprint density at radius 1 is 1.50 bits per heavy atom. The molecule has 24 heavy (non-hydrogen) atoms. The van der Waals surface area contributed by atoms with E-state index >= 15 is 0 Å². The van der Waals surface area contributed by atoms with Gasteiger partial charge in [0.2, 0.25) is 0 Å². The molecule has 0 aromatic carbocycles. The van der Waals surface area contributed by atoms with Crippen LogP contribution in [0.25, 0.3) is 11.3 Å². The number of hydrogen-bond donors (Lipinski definition) is 1. The first-order valence-corrected chi connectivity index (χ1v) is 8.81. The molecule has 124 valence electrons. The summed E-state index contributed by atoms with van der Waals surface area (Å²) >= 11 is 1.61. The summed E-state index contributed by atoms with van der Waals surface area (Å²) in [6.07, 6.45) is 6.38. The molecule has 3 aromatic rings. The number of aryl methyl sites for hydroxylation is 1. The van der Waals surface area contributed by atoms with Crippen molar-refractivity contribution >= 4 is 17.2 Å². The zero-order valence-electron chi connectivity index (χ0n) is 13.3. The minimum atomic E-state index is 0.0503. The highest BCUT2D eigenvalue weighted by Gasteiger charge is 2.28. The highest BCUT2D eigenvalue weighted by Crippen LogP contribution is 2.24. The summed E-state index contributed by atoms with van der Waals surface area (Å²) < 4.78 is 1.83. The van der Waals surface area contributed by atoms with Gasteiger partial charge in [0.1, 0.15) is 5.69 Å². The lowest BCUT2D eigenvalue weighted by molar-refractivity contribution is 0.0780. The third-order valence-corrected chi connectivity index (χ3v) is 5.09. The fourth-order valence-electron chi connectivity index (χ4n) is 3.09. The molecule has 1 amide bonds. The van der Waals surface area contributed by atoms with Gasteiger partial charge in [0, 0.05) is 43.0 Å². The molecule has 0 radical (unpaired) electrons. The summed E-state index contributed by atoms with van der Waals surface area (Å²) in [5.74, 6) is 0.473. The summed E-state index contributed by atoms with van der Waals surface area (Å²) in [5.41, 5.74) is 2.50. The molecular weight excluding hydrogens is 324 g/mol. The Kier molecular flexibility index (Phi) is 3.89. The molecule has 1 fully saturated rings. The summed E-state index contributed by atoms with van der Waals surface area (Å²) in [6, 6.07) is 1.89. The lowest BCUT2D eigenvalue weighted by Crippen LogP contribution is -2.29. The van der Waals surface area contributed by atoms with Crippen LogP contribution in [0, 0.1) is 12.8 Å². The molecule has 1 atom stereocenters. The predicted molar refractivity (Wildman–Crippen MR) is 90.7 cm³/mol. The van der Waals surface area contributed by atoms with Gasteiger partial charge in [-0.1, -0.05) is 5.21 Å². The summed E-state index contributed by atoms with van der Waals surface area (Å²) in [7, 11) is 0. The van der Waals surface area contributed by atoms with Gasteiger partial charge < -0.3 is 9.88 Å². The number of likely N-dealkylation sites (tertiary alicyclic amines) is 1. The van der Waals surface area contributed by atoms with Crippen molar-refractivity contribution in [2.45, 2.75) is 19.9 Å². The van der Waals surface area contributed by atoms with Gasteiger partial charge in [0.05, 0.1) is 16.9 Å². The first kappa shape index (κ1) is 15.1. The number of aromatic nitrogens is 5. The van der Waals surface area contributed by atoms with Crippen LogP contribution in [0.4, 0.5) is 0 Å². The molecule has 0 aliphatic carbocycles. The molecule has 7 nitrogen and oxygen atoms in total. The molecule has 0 spiro atoms. The normalized spacial score (nSPS) is 17.5. The lowest BCUT2D eigenvalue weighted by Gasteiger charge is -2.15. The quantitative estimate of drug-likeness (QED) is 0.788.